The van der Waals surface area contributed by atoms with Gasteiger partial charge in [0.1, 0.15) is 5.75 Å². The molecule has 0 bridgehead atoms. The number of nitrogens with zero attached hydrogens (tertiary/aromatic N) is 1. The molecule has 0 atom stereocenters. The zero-order valence-electron chi connectivity index (χ0n) is 8.48. The number of methoxy groups -OCH3 is 1. The predicted molar refractivity (Wildman–Crippen MR) is 58.1 cm³/mol. The number of benzene rings is 1. The van der Waals surface area contributed by atoms with Crippen LogP contribution in [0.2, 0.25) is 5.02 Å². The molecule has 1 rings (SSSR count). The average molecular weight is 244 g/mol. The maximum Gasteiger partial charge on any atom is 0.356 e. The van der Waals surface area contributed by atoms with E-state index in [9.17, 15) is 9.90 Å². The number of hydrogen-bond donors (Lipinski definition) is 2. The number of carbonyl (C=O) groups is 1. The third-order valence-corrected chi connectivity index (χ3v) is 2.23. The smallest absolute Gasteiger partial charge is 0.356 e. The van der Waals surface area contributed by atoms with E-state index in [1.807, 2.05) is 0 Å². The van der Waals surface area contributed by atoms with Crippen LogP contribution in [0, 0.1) is 0 Å². The lowest BCUT2D eigenvalue weighted by atomic mass is 10.1. The monoisotopic (exact) mass is 243 g/mol. The van der Waals surface area contributed by atoms with Crippen LogP contribution in [0.15, 0.2) is 23.4 Å². The van der Waals surface area contributed by atoms with Gasteiger partial charge in [-0.1, -0.05) is 22.8 Å². The number of phenols is 1. The van der Waals surface area contributed by atoms with Gasteiger partial charge >= 0.3 is 5.97 Å². The zero-order valence-corrected chi connectivity index (χ0v) is 9.23. The van der Waals surface area contributed by atoms with Crippen LogP contribution < -0.4 is 0 Å². The first-order valence-electron chi connectivity index (χ1n) is 4.35. The van der Waals surface area contributed by atoms with Gasteiger partial charge in [-0.2, -0.15) is 0 Å². The normalized spacial score (nSPS) is 11.2. The summed E-state index contributed by atoms with van der Waals surface area (Å²) in [6.07, 6.45) is 0.0726. The molecule has 0 aliphatic heterocycles. The van der Waals surface area contributed by atoms with Crippen LogP contribution in [-0.2, 0) is 16.0 Å². The Morgan fingerprint density at radius 1 is 1.56 bits per heavy atom. The van der Waals surface area contributed by atoms with E-state index in [4.69, 9.17) is 16.8 Å². The minimum atomic E-state index is -0.716. The Balaban J connectivity index is 2.87. The van der Waals surface area contributed by atoms with Gasteiger partial charge in [-0.05, 0) is 17.7 Å². The van der Waals surface area contributed by atoms with Crippen molar-refractivity contribution < 1.29 is 19.8 Å². The maximum atomic E-state index is 11.1. The molecule has 1 aromatic rings. The Hall–Kier alpha value is -1.75. The summed E-state index contributed by atoms with van der Waals surface area (Å²) in [6.45, 7) is 0. The van der Waals surface area contributed by atoms with E-state index < -0.39 is 5.97 Å². The highest BCUT2D eigenvalue weighted by Gasteiger charge is 2.13. The molecule has 0 radical (unpaired) electrons. The molecule has 0 saturated heterocycles. The molecule has 16 heavy (non-hydrogen) atoms. The quantitative estimate of drug-likeness (QED) is 0.366. The fourth-order valence-electron chi connectivity index (χ4n) is 1.12. The van der Waals surface area contributed by atoms with E-state index in [-0.39, 0.29) is 22.9 Å². The van der Waals surface area contributed by atoms with Gasteiger partial charge < -0.3 is 15.1 Å². The van der Waals surface area contributed by atoms with E-state index in [2.05, 4.69) is 9.89 Å². The number of phenolic OH excluding ortho intramolecular Hbond substituents is 1. The molecule has 0 aliphatic rings. The summed E-state index contributed by atoms with van der Waals surface area (Å²) in [5.74, 6) is -0.766. The van der Waals surface area contributed by atoms with Crippen molar-refractivity contribution in [2.45, 2.75) is 6.42 Å². The molecule has 0 aliphatic carbocycles. The van der Waals surface area contributed by atoms with Crippen molar-refractivity contribution >= 4 is 23.3 Å². The molecule has 6 heteroatoms. The summed E-state index contributed by atoms with van der Waals surface area (Å²) in [7, 11) is 1.19. The Labute approximate surface area is 96.9 Å². The van der Waals surface area contributed by atoms with E-state index in [1.54, 1.807) is 6.07 Å². The van der Waals surface area contributed by atoms with Crippen molar-refractivity contribution in [1.29, 1.82) is 0 Å². The number of oxime groups is 1. The lowest BCUT2D eigenvalue weighted by Crippen LogP contribution is -2.18. The van der Waals surface area contributed by atoms with Gasteiger partial charge in [-0.3, -0.25) is 0 Å². The third kappa shape index (κ3) is 2.87. The van der Waals surface area contributed by atoms with E-state index in [0.29, 0.717) is 5.56 Å². The highest BCUT2D eigenvalue weighted by molar-refractivity contribution is 6.37. The molecule has 5 nitrogen and oxygen atoms in total. The molecule has 1 aromatic carbocycles. The lowest BCUT2D eigenvalue weighted by molar-refractivity contribution is -0.132. The van der Waals surface area contributed by atoms with Crippen LogP contribution in [0.5, 0.6) is 5.75 Å². The van der Waals surface area contributed by atoms with Gasteiger partial charge in [-0.15, -0.1) is 0 Å². The van der Waals surface area contributed by atoms with Gasteiger partial charge in [0, 0.05) is 6.42 Å². The largest absolute Gasteiger partial charge is 0.506 e. The van der Waals surface area contributed by atoms with Crippen LogP contribution in [0.4, 0.5) is 0 Å². The molecule has 2 N–H and O–H groups in total. The number of aromatic hydroxyl groups is 1. The maximum absolute atomic E-state index is 11.1. The average Bonchev–Trinajstić information content (AvgIpc) is 2.29. The molecule has 0 saturated carbocycles. The standard InChI is InChI=1S/C10H10ClNO4/c1-16-10(14)8(12-15)5-6-2-3-9(13)7(11)4-6/h2-4,13,15H,5H2,1H3/b12-8+. The SMILES string of the molecule is COC(=O)/C(Cc1ccc(O)c(Cl)c1)=N/O. The summed E-state index contributed by atoms with van der Waals surface area (Å²) < 4.78 is 4.42. The van der Waals surface area contributed by atoms with Crippen molar-refractivity contribution in [3.63, 3.8) is 0 Å². The number of rotatable bonds is 3. The minimum absolute atomic E-state index is 0.0500. The molecule has 0 spiro atoms. The summed E-state index contributed by atoms with van der Waals surface area (Å²) in [6, 6.07) is 4.43. The van der Waals surface area contributed by atoms with Gasteiger partial charge in [0.05, 0.1) is 12.1 Å². The van der Waals surface area contributed by atoms with Crippen molar-refractivity contribution in [2.75, 3.05) is 7.11 Å². The Bertz CT molecular complexity index is 431. The topological polar surface area (TPSA) is 79.1 Å². The van der Waals surface area contributed by atoms with E-state index in [0.717, 1.165) is 0 Å². The first-order valence-corrected chi connectivity index (χ1v) is 4.73. The van der Waals surface area contributed by atoms with Crippen molar-refractivity contribution in [2.24, 2.45) is 5.16 Å². The summed E-state index contributed by atoms with van der Waals surface area (Å²) in [4.78, 5) is 11.1. The van der Waals surface area contributed by atoms with Crippen LogP contribution in [-0.4, -0.2) is 29.1 Å². The van der Waals surface area contributed by atoms with Crippen LogP contribution >= 0.6 is 11.6 Å². The Morgan fingerprint density at radius 3 is 2.75 bits per heavy atom. The summed E-state index contributed by atoms with van der Waals surface area (Å²) >= 11 is 5.69. The van der Waals surface area contributed by atoms with Gasteiger partial charge in [0.15, 0.2) is 5.71 Å². The lowest BCUT2D eigenvalue weighted by Gasteiger charge is -2.04. The fourth-order valence-corrected chi connectivity index (χ4v) is 1.32. The second-order valence-electron chi connectivity index (χ2n) is 3.00. The summed E-state index contributed by atoms with van der Waals surface area (Å²) in [5.41, 5.74) is 0.491. The number of halogens is 1. The number of carbonyl (C=O) groups excluding carboxylic acids is 1. The van der Waals surface area contributed by atoms with Crippen molar-refractivity contribution in [3.8, 4) is 5.75 Å². The van der Waals surface area contributed by atoms with Gasteiger partial charge in [0.2, 0.25) is 0 Å². The molecular weight excluding hydrogens is 234 g/mol. The second-order valence-corrected chi connectivity index (χ2v) is 3.41. The first kappa shape index (κ1) is 12.3. The molecule has 0 fully saturated rings. The number of esters is 1. The first-order chi connectivity index (χ1) is 7.58. The van der Waals surface area contributed by atoms with Gasteiger partial charge in [0.25, 0.3) is 0 Å². The molecule has 0 amide bonds. The number of ether oxygens (including phenoxy) is 1. The van der Waals surface area contributed by atoms with Crippen LogP contribution in [0.3, 0.4) is 0 Å². The van der Waals surface area contributed by atoms with Gasteiger partial charge in [-0.25, -0.2) is 4.79 Å². The highest BCUT2D eigenvalue weighted by Crippen LogP contribution is 2.23. The minimum Gasteiger partial charge on any atom is -0.506 e. The van der Waals surface area contributed by atoms with E-state index >= 15 is 0 Å². The third-order valence-electron chi connectivity index (χ3n) is 1.93. The van der Waals surface area contributed by atoms with Crippen LogP contribution in [0.25, 0.3) is 0 Å². The van der Waals surface area contributed by atoms with Crippen molar-refractivity contribution in [1.82, 2.24) is 0 Å². The predicted octanol–water partition coefficient (Wildman–Crippen LogP) is 1.59. The molecule has 0 aromatic heterocycles. The van der Waals surface area contributed by atoms with E-state index in [1.165, 1.54) is 19.2 Å². The second kappa shape index (κ2) is 5.37. The number of hydrogen-bond acceptors (Lipinski definition) is 5. The molecular formula is C10H10ClNO4. The zero-order chi connectivity index (χ0) is 12.1. The highest BCUT2D eigenvalue weighted by atomic mass is 35.5. The Morgan fingerprint density at radius 2 is 2.25 bits per heavy atom. The Kier molecular flexibility index (Phi) is 4.13. The van der Waals surface area contributed by atoms with Crippen LogP contribution in [0.1, 0.15) is 5.56 Å². The van der Waals surface area contributed by atoms with Crippen molar-refractivity contribution in [3.05, 3.63) is 28.8 Å². The molecule has 86 valence electrons. The fraction of sp³-hybridized carbons (Fsp3) is 0.200. The summed E-state index contributed by atoms with van der Waals surface area (Å²) in [5, 5.41) is 20.8. The molecule has 0 heterocycles. The molecule has 0 unspecified atom stereocenters.